The van der Waals surface area contributed by atoms with E-state index in [1.54, 1.807) is 38.3 Å². The molecule has 2 aliphatic rings. The van der Waals surface area contributed by atoms with Gasteiger partial charge in [0.25, 0.3) is 5.56 Å². The van der Waals surface area contributed by atoms with Crippen LogP contribution in [0.5, 0.6) is 17.2 Å². The minimum atomic E-state index is -0.810. The Bertz CT molecular complexity index is 1840. The highest BCUT2D eigenvalue weighted by molar-refractivity contribution is 7.07. The van der Waals surface area contributed by atoms with Gasteiger partial charge in [-0.2, -0.15) is 0 Å². The molecule has 4 aromatic rings. The second kappa shape index (κ2) is 10.7. The van der Waals surface area contributed by atoms with E-state index >= 15 is 0 Å². The second-order valence-electron chi connectivity index (χ2n) is 8.94. The smallest absolute Gasteiger partial charge is 0.338 e. The molecule has 2 aliphatic heterocycles. The van der Waals surface area contributed by atoms with E-state index in [0.29, 0.717) is 48.4 Å². The van der Waals surface area contributed by atoms with Crippen molar-refractivity contribution in [1.82, 2.24) is 4.57 Å². The van der Waals surface area contributed by atoms with Gasteiger partial charge in [-0.15, -0.1) is 0 Å². The molecular weight excluding hydrogens is 552 g/mol. The standard InChI is InChI=1S/C30H23ClN2O6S/c1-3-37-29(35)25-26(17-8-5-4-6-9-17)32-30-33(27(25)18-10-7-11-20(12-18)36-2)28(34)24(40-30)14-19-13-22-23(15-21(19)31)39-16-38-22/h4-15,27H,3,16H2,1-2H3/b24-14-. The minimum absolute atomic E-state index is 0.108. The Labute approximate surface area is 238 Å². The number of methoxy groups -OCH3 is 1. The molecule has 0 amide bonds. The Hall–Kier alpha value is -4.34. The van der Waals surface area contributed by atoms with Crippen LogP contribution in [0.15, 0.2) is 82.1 Å². The van der Waals surface area contributed by atoms with Crippen molar-refractivity contribution < 1.29 is 23.7 Å². The molecule has 0 spiro atoms. The van der Waals surface area contributed by atoms with Gasteiger partial charge in [-0.25, -0.2) is 9.79 Å². The monoisotopic (exact) mass is 574 g/mol. The van der Waals surface area contributed by atoms with Gasteiger partial charge in [-0.05, 0) is 42.3 Å². The third-order valence-corrected chi connectivity index (χ3v) is 7.87. The normalized spacial score (nSPS) is 16.0. The van der Waals surface area contributed by atoms with Gasteiger partial charge in [0, 0.05) is 11.6 Å². The molecule has 0 bridgehead atoms. The van der Waals surface area contributed by atoms with E-state index in [1.165, 1.54) is 15.9 Å². The molecule has 10 heteroatoms. The summed E-state index contributed by atoms with van der Waals surface area (Å²) in [4.78, 5) is 32.9. The van der Waals surface area contributed by atoms with Crippen molar-refractivity contribution in [2.24, 2.45) is 4.99 Å². The molecule has 8 nitrogen and oxygen atoms in total. The Morgan fingerprint density at radius 2 is 1.90 bits per heavy atom. The van der Waals surface area contributed by atoms with Crippen LogP contribution in [-0.2, 0) is 9.53 Å². The molecule has 202 valence electrons. The molecule has 0 fully saturated rings. The summed E-state index contributed by atoms with van der Waals surface area (Å²) in [5, 5.41) is 0.414. The first-order chi connectivity index (χ1) is 19.5. The van der Waals surface area contributed by atoms with Crippen molar-refractivity contribution in [1.29, 1.82) is 0 Å². The summed E-state index contributed by atoms with van der Waals surface area (Å²) in [6.07, 6.45) is 1.70. The van der Waals surface area contributed by atoms with E-state index in [0.717, 1.165) is 5.56 Å². The van der Waals surface area contributed by atoms with Gasteiger partial charge < -0.3 is 18.9 Å². The SMILES string of the molecule is CCOC(=O)C1=C(c2ccccc2)N=c2s/c(=C\c3cc4c(cc3Cl)OCO4)c(=O)n2C1c1cccc(OC)c1. The summed E-state index contributed by atoms with van der Waals surface area (Å²) in [6.45, 7) is 2.02. The van der Waals surface area contributed by atoms with Crippen LogP contribution >= 0.6 is 22.9 Å². The van der Waals surface area contributed by atoms with Gasteiger partial charge in [0.15, 0.2) is 16.3 Å². The Morgan fingerprint density at radius 3 is 2.65 bits per heavy atom. The van der Waals surface area contributed by atoms with Crippen molar-refractivity contribution in [3.05, 3.63) is 114 Å². The molecule has 0 aliphatic carbocycles. The summed E-state index contributed by atoms with van der Waals surface area (Å²) in [5.41, 5.74) is 2.40. The van der Waals surface area contributed by atoms with Crippen LogP contribution in [0.4, 0.5) is 0 Å². The highest BCUT2D eigenvalue weighted by Crippen LogP contribution is 2.38. The molecule has 3 aromatic carbocycles. The first-order valence-corrected chi connectivity index (χ1v) is 13.7. The van der Waals surface area contributed by atoms with Crippen LogP contribution < -0.4 is 29.1 Å². The van der Waals surface area contributed by atoms with Gasteiger partial charge >= 0.3 is 5.97 Å². The van der Waals surface area contributed by atoms with E-state index in [4.69, 9.17) is 35.5 Å². The zero-order valence-electron chi connectivity index (χ0n) is 21.5. The molecule has 1 unspecified atom stereocenters. The number of ether oxygens (including phenoxy) is 4. The van der Waals surface area contributed by atoms with Crippen LogP contribution in [0.25, 0.3) is 11.8 Å². The largest absolute Gasteiger partial charge is 0.497 e. The second-order valence-corrected chi connectivity index (χ2v) is 10.4. The summed E-state index contributed by atoms with van der Waals surface area (Å²) in [5.74, 6) is 1.14. The van der Waals surface area contributed by atoms with Crippen LogP contribution in [-0.4, -0.2) is 31.0 Å². The lowest BCUT2D eigenvalue weighted by atomic mass is 9.93. The quantitative estimate of drug-likeness (QED) is 0.319. The molecule has 1 aromatic heterocycles. The number of hydrogen-bond acceptors (Lipinski definition) is 8. The predicted molar refractivity (Wildman–Crippen MR) is 152 cm³/mol. The number of carbonyl (C=O) groups excluding carboxylic acids is 1. The number of thiazole rings is 1. The summed E-state index contributed by atoms with van der Waals surface area (Å²) in [7, 11) is 1.57. The van der Waals surface area contributed by atoms with E-state index < -0.39 is 12.0 Å². The van der Waals surface area contributed by atoms with E-state index in [-0.39, 0.29) is 24.5 Å². The lowest BCUT2D eigenvalue weighted by Gasteiger charge is -2.26. The predicted octanol–water partition coefficient (Wildman–Crippen LogP) is 4.33. The van der Waals surface area contributed by atoms with Gasteiger partial charge in [0.05, 0.1) is 40.6 Å². The number of fused-ring (bicyclic) bond motifs is 2. The topological polar surface area (TPSA) is 88.4 Å². The number of aromatic nitrogens is 1. The fraction of sp³-hybridized carbons (Fsp3) is 0.167. The highest BCUT2D eigenvalue weighted by atomic mass is 35.5. The number of benzene rings is 3. The average molecular weight is 575 g/mol. The van der Waals surface area contributed by atoms with E-state index in [2.05, 4.69) is 0 Å². The van der Waals surface area contributed by atoms with Crippen LogP contribution in [0.2, 0.25) is 5.02 Å². The maximum absolute atomic E-state index is 14.0. The lowest BCUT2D eigenvalue weighted by molar-refractivity contribution is -0.138. The third-order valence-electron chi connectivity index (χ3n) is 6.56. The zero-order valence-corrected chi connectivity index (χ0v) is 23.1. The number of nitrogens with zero attached hydrogens (tertiary/aromatic N) is 2. The number of halogens is 1. The van der Waals surface area contributed by atoms with Crippen molar-refractivity contribution in [3.63, 3.8) is 0 Å². The molecule has 0 saturated carbocycles. The van der Waals surface area contributed by atoms with Crippen LogP contribution in [0.3, 0.4) is 0 Å². The van der Waals surface area contributed by atoms with Crippen LogP contribution in [0.1, 0.15) is 29.7 Å². The maximum atomic E-state index is 14.0. The molecule has 6 rings (SSSR count). The summed E-state index contributed by atoms with van der Waals surface area (Å²) < 4.78 is 23.8. The molecule has 1 atom stereocenters. The lowest BCUT2D eigenvalue weighted by Crippen LogP contribution is -2.40. The van der Waals surface area contributed by atoms with E-state index in [9.17, 15) is 9.59 Å². The zero-order chi connectivity index (χ0) is 27.8. The first-order valence-electron chi connectivity index (χ1n) is 12.5. The van der Waals surface area contributed by atoms with E-state index in [1.807, 2.05) is 48.5 Å². The third kappa shape index (κ3) is 4.57. The fourth-order valence-electron chi connectivity index (χ4n) is 4.75. The van der Waals surface area contributed by atoms with Crippen molar-refractivity contribution in [3.8, 4) is 17.2 Å². The minimum Gasteiger partial charge on any atom is -0.497 e. The summed E-state index contributed by atoms with van der Waals surface area (Å²) in [6, 6.07) is 19.3. The average Bonchev–Trinajstić information content (AvgIpc) is 3.56. The van der Waals surface area contributed by atoms with Gasteiger partial charge in [0.1, 0.15) is 5.75 Å². The van der Waals surface area contributed by atoms with Crippen molar-refractivity contribution >= 4 is 40.7 Å². The van der Waals surface area contributed by atoms with Crippen molar-refractivity contribution in [2.45, 2.75) is 13.0 Å². The number of carbonyl (C=O) groups is 1. The Kier molecular flexibility index (Phi) is 6.91. The molecule has 3 heterocycles. The number of rotatable bonds is 6. The highest BCUT2D eigenvalue weighted by Gasteiger charge is 2.35. The van der Waals surface area contributed by atoms with Gasteiger partial charge in [-0.1, -0.05) is 65.4 Å². The van der Waals surface area contributed by atoms with Gasteiger partial charge in [-0.3, -0.25) is 9.36 Å². The first kappa shape index (κ1) is 25.9. The molecule has 40 heavy (non-hydrogen) atoms. The van der Waals surface area contributed by atoms with Crippen molar-refractivity contribution in [2.75, 3.05) is 20.5 Å². The summed E-state index contributed by atoms with van der Waals surface area (Å²) >= 11 is 7.73. The Balaban J connectivity index is 1.64. The maximum Gasteiger partial charge on any atom is 0.338 e. The molecule has 0 N–H and O–H groups in total. The molecular formula is C30H23ClN2O6S. The number of hydrogen-bond donors (Lipinski definition) is 0. The molecule has 0 radical (unpaired) electrons. The van der Waals surface area contributed by atoms with Crippen LogP contribution in [0, 0.1) is 0 Å². The number of esters is 1. The Morgan fingerprint density at radius 1 is 1.12 bits per heavy atom. The van der Waals surface area contributed by atoms with Gasteiger partial charge in [0.2, 0.25) is 6.79 Å². The molecule has 0 saturated heterocycles. The fourth-order valence-corrected chi connectivity index (χ4v) is 5.95.